The second-order valence-corrected chi connectivity index (χ2v) is 8.75. The Bertz CT molecular complexity index is 1150. The van der Waals surface area contributed by atoms with Gasteiger partial charge in [-0.25, -0.2) is 0 Å². The number of benzene rings is 3. The van der Waals surface area contributed by atoms with Gasteiger partial charge in [0.15, 0.2) is 5.16 Å². The van der Waals surface area contributed by atoms with Crippen molar-refractivity contribution in [3.63, 3.8) is 0 Å². The van der Waals surface area contributed by atoms with E-state index in [1.165, 1.54) is 17.3 Å². The summed E-state index contributed by atoms with van der Waals surface area (Å²) in [5, 5.41) is 12.5. The van der Waals surface area contributed by atoms with Crippen molar-refractivity contribution in [2.24, 2.45) is 0 Å². The molecule has 0 saturated carbocycles. The highest BCUT2D eigenvalue weighted by Gasteiger charge is 2.15. The molecule has 0 aliphatic heterocycles. The van der Waals surface area contributed by atoms with Crippen molar-refractivity contribution in [3.8, 4) is 0 Å². The van der Waals surface area contributed by atoms with Crippen molar-refractivity contribution in [3.05, 3.63) is 106 Å². The van der Waals surface area contributed by atoms with E-state index in [9.17, 15) is 4.79 Å². The predicted molar refractivity (Wildman–Crippen MR) is 128 cm³/mol. The minimum atomic E-state index is -0.0872. The molecule has 31 heavy (non-hydrogen) atoms. The van der Waals surface area contributed by atoms with Gasteiger partial charge in [-0.05, 0) is 39.2 Å². The molecule has 3 aromatic carbocycles. The molecule has 0 saturated heterocycles. The van der Waals surface area contributed by atoms with E-state index in [1.54, 1.807) is 0 Å². The fourth-order valence-electron chi connectivity index (χ4n) is 3.14. The van der Waals surface area contributed by atoms with Gasteiger partial charge in [0.05, 0.1) is 18.0 Å². The lowest BCUT2D eigenvalue weighted by molar-refractivity contribution is -0.113. The van der Waals surface area contributed by atoms with Crippen molar-refractivity contribution in [1.82, 2.24) is 14.8 Å². The molecule has 4 rings (SSSR count). The first kappa shape index (κ1) is 21.3. The average molecular weight is 493 g/mol. The first-order valence-electron chi connectivity index (χ1n) is 9.86. The Morgan fingerprint density at radius 1 is 0.871 bits per heavy atom. The second kappa shape index (κ2) is 10.4. The van der Waals surface area contributed by atoms with Crippen LogP contribution in [0.2, 0.25) is 0 Å². The summed E-state index contributed by atoms with van der Waals surface area (Å²) < 4.78 is 2.95. The molecule has 7 heteroatoms. The van der Waals surface area contributed by atoms with Gasteiger partial charge in [0.1, 0.15) is 5.82 Å². The topological polar surface area (TPSA) is 59.8 Å². The van der Waals surface area contributed by atoms with E-state index in [-0.39, 0.29) is 11.7 Å². The van der Waals surface area contributed by atoms with E-state index < -0.39 is 0 Å². The summed E-state index contributed by atoms with van der Waals surface area (Å²) in [6.45, 7) is 0.657. The molecule has 0 unspecified atom stereocenters. The van der Waals surface area contributed by atoms with Gasteiger partial charge in [-0.1, -0.05) is 84.6 Å². The number of thioether (sulfide) groups is 1. The molecular formula is C24H21BrN4OS. The number of amides is 1. The highest BCUT2D eigenvalue weighted by molar-refractivity contribution is 9.10. The van der Waals surface area contributed by atoms with Crippen LogP contribution in [0.15, 0.2) is 94.6 Å². The highest BCUT2D eigenvalue weighted by atomic mass is 79.9. The maximum Gasteiger partial charge on any atom is 0.234 e. The molecule has 0 bridgehead atoms. The normalized spacial score (nSPS) is 10.7. The molecule has 0 aliphatic rings. The Balaban J connectivity index is 1.50. The van der Waals surface area contributed by atoms with Crippen LogP contribution in [0.1, 0.15) is 17.0 Å². The molecule has 1 amide bonds. The quantitative estimate of drug-likeness (QED) is 0.334. The third-order valence-electron chi connectivity index (χ3n) is 4.66. The first-order valence-corrected chi connectivity index (χ1v) is 11.6. The van der Waals surface area contributed by atoms with Crippen molar-refractivity contribution in [1.29, 1.82) is 0 Å². The van der Waals surface area contributed by atoms with E-state index in [1.807, 2.05) is 60.7 Å². The minimum absolute atomic E-state index is 0.0872. The molecule has 0 fully saturated rings. The summed E-state index contributed by atoms with van der Waals surface area (Å²) in [7, 11) is 0. The predicted octanol–water partition coefficient (Wildman–Crippen LogP) is 5.41. The number of carbonyl (C=O) groups excluding carboxylic acids is 1. The van der Waals surface area contributed by atoms with Gasteiger partial charge < -0.3 is 9.88 Å². The van der Waals surface area contributed by atoms with Crippen LogP contribution in [0, 0.1) is 0 Å². The van der Waals surface area contributed by atoms with Crippen molar-refractivity contribution < 1.29 is 4.79 Å². The average Bonchev–Trinajstić information content (AvgIpc) is 3.16. The number of hydrogen-bond donors (Lipinski definition) is 1. The SMILES string of the molecule is O=C(CSc1nnc(Cc2ccccc2)n1Cc1ccccc1)Nc1ccccc1Br. The Morgan fingerprint density at radius 2 is 1.52 bits per heavy atom. The molecule has 1 aromatic heterocycles. The zero-order valence-electron chi connectivity index (χ0n) is 16.7. The second-order valence-electron chi connectivity index (χ2n) is 6.95. The van der Waals surface area contributed by atoms with Crippen molar-refractivity contribution in [2.75, 3.05) is 11.1 Å². The lowest BCUT2D eigenvalue weighted by atomic mass is 10.1. The van der Waals surface area contributed by atoms with Crippen molar-refractivity contribution in [2.45, 2.75) is 18.1 Å². The fraction of sp³-hybridized carbons (Fsp3) is 0.125. The van der Waals surface area contributed by atoms with Crippen LogP contribution >= 0.6 is 27.7 Å². The number of nitrogens with one attached hydrogen (secondary N) is 1. The summed E-state index contributed by atoms with van der Waals surface area (Å²) in [6.07, 6.45) is 0.685. The van der Waals surface area contributed by atoms with E-state index >= 15 is 0 Å². The maximum atomic E-state index is 12.5. The zero-order valence-corrected chi connectivity index (χ0v) is 19.1. The largest absolute Gasteiger partial charge is 0.324 e. The molecule has 0 atom stereocenters. The third-order valence-corrected chi connectivity index (χ3v) is 6.32. The zero-order chi connectivity index (χ0) is 21.5. The first-order chi connectivity index (χ1) is 15.2. The lowest BCUT2D eigenvalue weighted by Gasteiger charge is -2.11. The number of carbonyl (C=O) groups is 1. The molecule has 0 spiro atoms. The fourth-order valence-corrected chi connectivity index (χ4v) is 4.28. The summed E-state index contributed by atoms with van der Waals surface area (Å²) in [4.78, 5) is 12.5. The molecule has 5 nitrogen and oxygen atoms in total. The summed E-state index contributed by atoms with van der Waals surface area (Å²) in [5.74, 6) is 1.04. The molecule has 1 heterocycles. The maximum absolute atomic E-state index is 12.5. The Morgan fingerprint density at radius 3 is 2.23 bits per heavy atom. The number of anilines is 1. The van der Waals surface area contributed by atoms with Crippen LogP contribution in [0.3, 0.4) is 0 Å². The van der Waals surface area contributed by atoms with Crippen LogP contribution < -0.4 is 5.32 Å². The third kappa shape index (κ3) is 5.83. The number of hydrogen-bond acceptors (Lipinski definition) is 4. The van der Waals surface area contributed by atoms with E-state index in [4.69, 9.17) is 0 Å². The van der Waals surface area contributed by atoms with Crippen LogP contribution in [0.25, 0.3) is 0 Å². The van der Waals surface area contributed by atoms with Gasteiger partial charge in [-0.3, -0.25) is 4.79 Å². The molecule has 156 valence electrons. The van der Waals surface area contributed by atoms with E-state index in [2.05, 4.69) is 60.3 Å². The van der Waals surface area contributed by atoms with Gasteiger partial charge in [-0.15, -0.1) is 10.2 Å². The van der Waals surface area contributed by atoms with Gasteiger partial charge in [0, 0.05) is 10.9 Å². The molecular weight excluding hydrogens is 472 g/mol. The molecule has 0 aliphatic carbocycles. The van der Waals surface area contributed by atoms with Gasteiger partial charge >= 0.3 is 0 Å². The van der Waals surface area contributed by atoms with Gasteiger partial charge in [0.2, 0.25) is 5.91 Å². The highest BCUT2D eigenvalue weighted by Crippen LogP contribution is 2.23. The number of nitrogens with zero attached hydrogens (tertiary/aromatic N) is 3. The number of rotatable bonds is 8. The van der Waals surface area contributed by atoms with Crippen molar-refractivity contribution >= 4 is 39.3 Å². The van der Waals surface area contributed by atoms with Crippen LogP contribution in [0.4, 0.5) is 5.69 Å². The molecule has 1 N–H and O–H groups in total. The van der Waals surface area contributed by atoms with Crippen LogP contribution in [-0.4, -0.2) is 26.4 Å². The standard InChI is InChI=1S/C24H21BrN4OS/c25-20-13-7-8-14-21(20)26-23(30)17-31-24-28-27-22(15-18-9-3-1-4-10-18)29(24)16-19-11-5-2-6-12-19/h1-14H,15-17H2,(H,26,30). The summed E-state index contributed by atoms with van der Waals surface area (Å²) in [5.41, 5.74) is 3.09. The number of aromatic nitrogens is 3. The van der Waals surface area contributed by atoms with Crippen LogP contribution in [-0.2, 0) is 17.8 Å². The summed E-state index contributed by atoms with van der Waals surface area (Å²) >= 11 is 4.85. The molecule has 4 aromatic rings. The molecule has 0 radical (unpaired) electrons. The Hall–Kier alpha value is -2.90. The van der Waals surface area contributed by atoms with E-state index in [0.29, 0.717) is 13.0 Å². The van der Waals surface area contributed by atoms with Crippen LogP contribution in [0.5, 0.6) is 0 Å². The Kier molecular flexibility index (Phi) is 7.17. The lowest BCUT2D eigenvalue weighted by Crippen LogP contribution is -2.15. The van der Waals surface area contributed by atoms with E-state index in [0.717, 1.165) is 26.7 Å². The van der Waals surface area contributed by atoms with Gasteiger partial charge in [0.25, 0.3) is 0 Å². The minimum Gasteiger partial charge on any atom is -0.324 e. The number of para-hydroxylation sites is 1. The smallest absolute Gasteiger partial charge is 0.234 e. The van der Waals surface area contributed by atoms with Gasteiger partial charge in [-0.2, -0.15) is 0 Å². The summed E-state index contributed by atoms with van der Waals surface area (Å²) in [6, 6.07) is 28.0. The monoisotopic (exact) mass is 492 g/mol. The number of halogens is 1. The Labute approximate surface area is 194 Å².